The van der Waals surface area contributed by atoms with Crippen molar-refractivity contribution < 1.29 is 14.4 Å². The van der Waals surface area contributed by atoms with E-state index in [1.807, 2.05) is 6.92 Å². The van der Waals surface area contributed by atoms with Gasteiger partial charge >= 0.3 is 0 Å². The normalized spacial score (nSPS) is 18.1. The van der Waals surface area contributed by atoms with Gasteiger partial charge in [-0.1, -0.05) is 23.2 Å². The van der Waals surface area contributed by atoms with Crippen molar-refractivity contribution in [2.45, 2.75) is 13.0 Å². The Labute approximate surface area is 122 Å². The van der Waals surface area contributed by atoms with Crippen LogP contribution < -0.4 is 10.2 Å². The highest BCUT2D eigenvalue weighted by molar-refractivity contribution is 6.36. The first-order valence-electron chi connectivity index (χ1n) is 6.26. The molecule has 1 aromatic rings. The van der Waals surface area contributed by atoms with Crippen molar-refractivity contribution in [1.82, 2.24) is 0 Å². The summed E-state index contributed by atoms with van der Waals surface area (Å²) >= 11 is 11.9. The summed E-state index contributed by atoms with van der Waals surface area (Å²) in [6.07, 6.45) is 0. The number of carbonyl (C=O) groups excluding carboxylic acids is 1. The second kappa shape index (κ2) is 6.57. The summed E-state index contributed by atoms with van der Waals surface area (Å²) in [5.41, 5.74) is 0.593. The molecule has 2 N–H and O–H groups in total. The summed E-state index contributed by atoms with van der Waals surface area (Å²) in [5, 5.41) is 3.84. The SMILES string of the molecule is C[C@H](C(=O)Nc1ccc(Cl)cc1Cl)[NH+]1CCOCC1. The van der Waals surface area contributed by atoms with Crippen molar-refractivity contribution in [3.8, 4) is 0 Å². The van der Waals surface area contributed by atoms with Crippen molar-refractivity contribution in [3.05, 3.63) is 28.2 Å². The van der Waals surface area contributed by atoms with Gasteiger partial charge in [0.05, 0.1) is 23.9 Å². The summed E-state index contributed by atoms with van der Waals surface area (Å²) in [6, 6.07) is 4.90. The molecule has 1 atom stereocenters. The lowest BCUT2D eigenvalue weighted by Crippen LogP contribution is -3.18. The molecule has 0 radical (unpaired) electrons. The zero-order valence-corrected chi connectivity index (χ0v) is 12.2. The number of ether oxygens (including phenoxy) is 1. The summed E-state index contributed by atoms with van der Waals surface area (Å²) in [4.78, 5) is 13.4. The highest BCUT2D eigenvalue weighted by Gasteiger charge is 2.27. The number of hydrogen-bond donors (Lipinski definition) is 2. The maximum absolute atomic E-state index is 12.2. The van der Waals surface area contributed by atoms with Crippen LogP contribution in [0.4, 0.5) is 5.69 Å². The molecule has 0 bridgehead atoms. The maximum atomic E-state index is 12.2. The minimum atomic E-state index is -0.129. The van der Waals surface area contributed by atoms with Crippen molar-refractivity contribution in [3.63, 3.8) is 0 Å². The van der Waals surface area contributed by atoms with Crippen molar-refractivity contribution in [2.24, 2.45) is 0 Å². The van der Waals surface area contributed by atoms with Crippen LogP contribution in [0, 0.1) is 0 Å². The van der Waals surface area contributed by atoms with Crippen molar-refractivity contribution >= 4 is 34.8 Å². The largest absolute Gasteiger partial charge is 0.370 e. The van der Waals surface area contributed by atoms with Gasteiger partial charge in [0.15, 0.2) is 6.04 Å². The molecule has 0 aromatic heterocycles. The van der Waals surface area contributed by atoms with Crippen LogP contribution in [0.15, 0.2) is 18.2 Å². The lowest BCUT2D eigenvalue weighted by molar-refractivity contribution is -0.921. The molecule has 104 valence electrons. The lowest BCUT2D eigenvalue weighted by atomic mass is 10.2. The Hall–Kier alpha value is -0.810. The van der Waals surface area contributed by atoms with Crippen LogP contribution >= 0.6 is 23.2 Å². The van der Waals surface area contributed by atoms with E-state index in [0.29, 0.717) is 28.9 Å². The van der Waals surface area contributed by atoms with Gasteiger partial charge in [-0.15, -0.1) is 0 Å². The van der Waals surface area contributed by atoms with Crippen LogP contribution in [-0.2, 0) is 9.53 Å². The monoisotopic (exact) mass is 303 g/mol. The van der Waals surface area contributed by atoms with Crippen LogP contribution in [-0.4, -0.2) is 38.3 Å². The van der Waals surface area contributed by atoms with E-state index in [4.69, 9.17) is 27.9 Å². The molecule has 1 fully saturated rings. The van der Waals surface area contributed by atoms with E-state index < -0.39 is 0 Å². The number of amides is 1. The summed E-state index contributed by atoms with van der Waals surface area (Å²) < 4.78 is 5.29. The number of halogens is 2. The fourth-order valence-corrected chi connectivity index (χ4v) is 2.54. The number of anilines is 1. The van der Waals surface area contributed by atoms with Gasteiger partial charge in [-0.05, 0) is 25.1 Å². The summed E-state index contributed by atoms with van der Waals surface area (Å²) in [5.74, 6) is -0.0406. The molecule has 2 rings (SSSR count). The molecule has 1 saturated heterocycles. The fourth-order valence-electron chi connectivity index (χ4n) is 2.08. The van der Waals surface area contributed by atoms with Crippen LogP contribution in [0.25, 0.3) is 0 Å². The molecule has 0 aliphatic carbocycles. The topological polar surface area (TPSA) is 42.8 Å². The van der Waals surface area contributed by atoms with Crippen LogP contribution in [0.3, 0.4) is 0 Å². The van der Waals surface area contributed by atoms with Gasteiger partial charge in [0.2, 0.25) is 0 Å². The fraction of sp³-hybridized carbons (Fsp3) is 0.462. The number of rotatable bonds is 3. The van der Waals surface area contributed by atoms with E-state index in [0.717, 1.165) is 13.1 Å². The first-order chi connectivity index (χ1) is 9.08. The van der Waals surface area contributed by atoms with E-state index in [1.54, 1.807) is 18.2 Å². The average molecular weight is 304 g/mol. The van der Waals surface area contributed by atoms with Gasteiger partial charge in [-0.2, -0.15) is 0 Å². The van der Waals surface area contributed by atoms with E-state index >= 15 is 0 Å². The summed E-state index contributed by atoms with van der Waals surface area (Å²) in [6.45, 7) is 5.02. The third kappa shape index (κ3) is 3.83. The van der Waals surface area contributed by atoms with Crippen molar-refractivity contribution in [1.29, 1.82) is 0 Å². The molecule has 1 aromatic carbocycles. The Balaban J connectivity index is 1.99. The summed E-state index contributed by atoms with van der Waals surface area (Å²) in [7, 11) is 0. The Kier molecular flexibility index (Phi) is 5.05. The molecule has 19 heavy (non-hydrogen) atoms. The third-order valence-electron chi connectivity index (χ3n) is 3.33. The minimum Gasteiger partial charge on any atom is -0.370 e. The molecular formula is C13H17Cl2N2O2+. The van der Waals surface area contributed by atoms with Gasteiger partial charge in [-0.3, -0.25) is 4.79 Å². The standard InChI is InChI=1S/C13H16Cl2N2O2/c1-9(17-4-6-19-7-5-17)13(18)16-12-3-2-10(14)8-11(12)15/h2-3,8-9H,4-7H2,1H3,(H,16,18)/p+1/t9-/m1/s1. The first-order valence-corrected chi connectivity index (χ1v) is 7.02. The number of carbonyl (C=O) groups is 1. The number of morpholine rings is 1. The number of hydrogen-bond acceptors (Lipinski definition) is 2. The molecule has 0 unspecified atom stereocenters. The van der Waals surface area contributed by atoms with Gasteiger partial charge in [0.25, 0.3) is 5.91 Å². The maximum Gasteiger partial charge on any atom is 0.282 e. The lowest BCUT2D eigenvalue weighted by Gasteiger charge is -2.28. The van der Waals surface area contributed by atoms with Crippen molar-refractivity contribution in [2.75, 3.05) is 31.6 Å². The first kappa shape index (κ1) is 14.6. The molecule has 1 amide bonds. The van der Waals surface area contributed by atoms with Crippen LogP contribution in [0.2, 0.25) is 10.0 Å². The molecular weight excluding hydrogens is 287 g/mol. The van der Waals surface area contributed by atoms with Gasteiger partial charge < -0.3 is 15.0 Å². The number of nitrogens with one attached hydrogen (secondary N) is 2. The van der Waals surface area contributed by atoms with E-state index in [-0.39, 0.29) is 11.9 Å². The van der Waals surface area contributed by atoms with Gasteiger partial charge in [0, 0.05) is 5.02 Å². The quantitative estimate of drug-likeness (QED) is 0.882. The van der Waals surface area contributed by atoms with E-state index in [2.05, 4.69) is 5.32 Å². The minimum absolute atomic E-state index is 0.0406. The van der Waals surface area contributed by atoms with Crippen LogP contribution in [0.1, 0.15) is 6.92 Å². The molecule has 6 heteroatoms. The van der Waals surface area contributed by atoms with E-state index in [9.17, 15) is 4.79 Å². The molecule has 0 spiro atoms. The Morgan fingerprint density at radius 2 is 2.05 bits per heavy atom. The average Bonchev–Trinajstić information content (AvgIpc) is 2.42. The highest BCUT2D eigenvalue weighted by Crippen LogP contribution is 2.25. The smallest absolute Gasteiger partial charge is 0.282 e. The highest BCUT2D eigenvalue weighted by atomic mass is 35.5. The molecule has 4 nitrogen and oxygen atoms in total. The molecule has 1 aliphatic rings. The zero-order chi connectivity index (χ0) is 13.8. The molecule has 1 aliphatic heterocycles. The second-order valence-corrected chi connectivity index (χ2v) is 5.45. The number of benzene rings is 1. The molecule has 0 saturated carbocycles. The predicted molar refractivity (Wildman–Crippen MR) is 76.1 cm³/mol. The second-order valence-electron chi connectivity index (χ2n) is 4.61. The zero-order valence-electron chi connectivity index (χ0n) is 10.7. The van der Waals surface area contributed by atoms with Gasteiger partial charge in [-0.25, -0.2) is 0 Å². The molecule has 1 heterocycles. The van der Waals surface area contributed by atoms with Gasteiger partial charge in [0.1, 0.15) is 13.1 Å². The Morgan fingerprint density at radius 3 is 2.68 bits per heavy atom. The Morgan fingerprint density at radius 1 is 1.37 bits per heavy atom. The third-order valence-corrected chi connectivity index (χ3v) is 3.88. The Bertz CT molecular complexity index is 462. The number of quaternary nitrogens is 1. The van der Waals surface area contributed by atoms with Crippen LogP contribution in [0.5, 0.6) is 0 Å². The van der Waals surface area contributed by atoms with E-state index in [1.165, 1.54) is 4.90 Å². The predicted octanol–water partition coefficient (Wildman–Crippen LogP) is 1.24.